The van der Waals surface area contributed by atoms with Crippen LogP contribution in [0.25, 0.3) is 0 Å². The second kappa shape index (κ2) is 5.45. The molecule has 1 aromatic heterocycles. The normalized spacial score (nSPS) is 10.5. The third-order valence-electron chi connectivity index (χ3n) is 3.20. The van der Waals surface area contributed by atoms with Crippen LogP contribution in [0.4, 0.5) is 0 Å². The highest BCUT2D eigenvalue weighted by Crippen LogP contribution is 2.18. The van der Waals surface area contributed by atoms with Gasteiger partial charge < -0.3 is 4.90 Å². The van der Waals surface area contributed by atoms with Crippen LogP contribution in [0.5, 0.6) is 0 Å². The summed E-state index contributed by atoms with van der Waals surface area (Å²) in [5, 5.41) is 4.65. The first-order valence-corrected chi connectivity index (χ1v) is 6.36. The lowest BCUT2D eigenvalue weighted by Crippen LogP contribution is -2.26. The van der Waals surface area contributed by atoms with Crippen molar-refractivity contribution >= 4 is 17.5 Å². The first-order valence-electron chi connectivity index (χ1n) is 5.98. The molecule has 100 valence electrons. The van der Waals surface area contributed by atoms with Gasteiger partial charge in [-0.3, -0.25) is 9.48 Å². The van der Waals surface area contributed by atoms with Gasteiger partial charge in [0.15, 0.2) is 0 Å². The number of hydrogen-bond donors (Lipinski definition) is 0. The van der Waals surface area contributed by atoms with Crippen LogP contribution in [0.3, 0.4) is 0 Å². The van der Waals surface area contributed by atoms with Crippen LogP contribution < -0.4 is 0 Å². The van der Waals surface area contributed by atoms with Gasteiger partial charge in [0.2, 0.25) is 0 Å². The van der Waals surface area contributed by atoms with Crippen LogP contribution in [0.15, 0.2) is 30.5 Å². The highest BCUT2D eigenvalue weighted by molar-refractivity contribution is 6.33. The molecule has 0 bridgehead atoms. The van der Waals surface area contributed by atoms with E-state index in [4.69, 9.17) is 11.6 Å². The molecular weight excluding hydrogens is 262 g/mol. The summed E-state index contributed by atoms with van der Waals surface area (Å²) in [7, 11) is 3.65. The lowest BCUT2D eigenvalue weighted by atomic mass is 10.2. The molecule has 2 rings (SSSR count). The Morgan fingerprint density at radius 2 is 2.11 bits per heavy atom. The SMILES string of the molecule is Cc1c(CN(C)C(=O)c2ccccc2Cl)cnn1C. The zero-order valence-corrected chi connectivity index (χ0v) is 12.0. The number of benzene rings is 1. The van der Waals surface area contributed by atoms with Crippen molar-refractivity contribution in [2.75, 3.05) is 7.05 Å². The van der Waals surface area contributed by atoms with E-state index in [-0.39, 0.29) is 5.91 Å². The molecule has 0 radical (unpaired) electrons. The fourth-order valence-corrected chi connectivity index (χ4v) is 2.08. The monoisotopic (exact) mass is 277 g/mol. The number of aromatic nitrogens is 2. The van der Waals surface area contributed by atoms with E-state index in [1.165, 1.54) is 0 Å². The van der Waals surface area contributed by atoms with Gasteiger partial charge in [-0.25, -0.2) is 0 Å². The Morgan fingerprint density at radius 1 is 1.42 bits per heavy atom. The predicted molar refractivity (Wildman–Crippen MR) is 75.2 cm³/mol. The van der Waals surface area contributed by atoms with Gasteiger partial charge in [0, 0.05) is 31.9 Å². The second-order valence-electron chi connectivity index (χ2n) is 4.52. The van der Waals surface area contributed by atoms with E-state index in [0.717, 1.165) is 11.3 Å². The lowest BCUT2D eigenvalue weighted by Gasteiger charge is -2.17. The summed E-state index contributed by atoms with van der Waals surface area (Å²) < 4.78 is 1.79. The first-order chi connectivity index (χ1) is 9.00. The van der Waals surface area contributed by atoms with Gasteiger partial charge in [-0.2, -0.15) is 5.10 Å². The lowest BCUT2D eigenvalue weighted by molar-refractivity contribution is 0.0785. The van der Waals surface area contributed by atoms with E-state index in [2.05, 4.69) is 5.10 Å². The smallest absolute Gasteiger partial charge is 0.255 e. The summed E-state index contributed by atoms with van der Waals surface area (Å²) in [6.07, 6.45) is 1.78. The maximum Gasteiger partial charge on any atom is 0.255 e. The number of halogens is 1. The van der Waals surface area contributed by atoms with Crippen LogP contribution in [-0.4, -0.2) is 27.6 Å². The molecule has 0 fully saturated rings. The number of carbonyl (C=O) groups excluding carboxylic acids is 1. The molecule has 0 aliphatic carbocycles. The Balaban J connectivity index is 2.17. The molecule has 0 N–H and O–H groups in total. The molecule has 1 heterocycles. The quantitative estimate of drug-likeness (QED) is 0.865. The average molecular weight is 278 g/mol. The molecule has 5 heteroatoms. The van der Waals surface area contributed by atoms with Crippen molar-refractivity contribution in [1.29, 1.82) is 0 Å². The fourth-order valence-electron chi connectivity index (χ4n) is 1.87. The molecule has 0 spiro atoms. The van der Waals surface area contributed by atoms with Gasteiger partial charge in [0.25, 0.3) is 5.91 Å². The predicted octanol–water partition coefficient (Wildman–Crippen LogP) is 2.65. The Morgan fingerprint density at radius 3 is 2.68 bits per heavy atom. The van der Waals surface area contributed by atoms with Crippen LogP contribution >= 0.6 is 11.6 Å². The van der Waals surface area contributed by atoms with Crippen LogP contribution in [0.2, 0.25) is 5.02 Å². The largest absolute Gasteiger partial charge is 0.337 e. The van der Waals surface area contributed by atoms with Gasteiger partial charge in [-0.15, -0.1) is 0 Å². The molecule has 0 aliphatic rings. The van der Waals surface area contributed by atoms with Crippen molar-refractivity contribution < 1.29 is 4.79 Å². The summed E-state index contributed by atoms with van der Waals surface area (Å²) in [6.45, 7) is 2.50. The van der Waals surface area contributed by atoms with E-state index >= 15 is 0 Å². The highest BCUT2D eigenvalue weighted by Gasteiger charge is 2.16. The summed E-state index contributed by atoms with van der Waals surface area (Å²) in [4.78, 5) is 13.9. The Hall–Kier alpha value is -1.81. The van der Waals surface area contributed by atoms with Gasteiger partial charge >= 0.3 is 0 Å². The van der Waals surface area contributed by atoms with E-state index in [1.54, 1.807) is 35.0 Å². The van der Waals surface area contributed by atoms with Crippen molar-refractivity contribution in [3.05, 3.63) is 52.3 Å². The summed E-state index contributed by atoms with van der Waals surface area (Å²) in [6, 6.07) is 7.07. The summed E-state index contributed by atoms with van der Waals surface area (Å²) in [5.74, 6) is -0.0890. The topological polar surface area (TPSA) is 38.1 Å². The number of rotatable bonds is 3. The molecular formula is C14H16ClN3O. The minimum atomic E-state index is -0.0890. The molecule has 0 atom stereocenters. The van der Waals surface area contributed by atoms with Crippen molar-refractivity contribution in [1.82, 2.24) is 14.7 Å². The molecule has 0 saturated heterocycles. The molecule has 0 unspecified atom stereocenters. The number of aryl methyl sites for hydroxylation is 1. The molecule has 4 nitrogen and oxygen atoms in total. The maximum absolute atomic E-state index is 12.3. The Bertz CT molecular complexity index is 606. The van der Waals surface area contributed by atoms with Gasteiger partial charge in [-0.1, -0.05) is 23.7 Å². The molecule has 2 aromatic rings. The summed E-state index contributed by atoms with van der Waals surface area (Å²) >= 11 is 6.04. The highest BCUT2D eigenvalue weighted by atomic mass is 35.5. The third kappa shape index (κ3) is 2.79. The number of nitrogens with zero attached hydrogens (tertiary/aromatic N) is 3. The van der Waals surface area contributed by atoms with Crippen molar-refractivity contribution in [2.45, 2.75) is 13.5 Å². The Kier molecular flexibility index (Phi) is 3.90. The molecule has 0 aliphatic heterocycles. The van der Waals surface area contributed by atoms with Crippen molar-refractivity contribution in [3.8, 4) is 0 Å². The van der Waals surface area contributed by atoms with E-state index in [0.29, 0.717) is 17.1 Å². The Labute approximate surface area is 117 Å². The number of carbonyl (C=O) groups is 1. The minimum Gasteiger partial charge on any atom is -0.337 e. The first kappa shape index (κ1) is 13.6. The van der Waals surface area contributed by atoms with Crippen LogP contribution in [0.1, 0.15) is 21.6 Å². The average Bonchev–Trinajstić information content (AvgIpc) is 2.70. The number of amides is 1. The van der Waals surface area contributed by atoms with Gasteiger partial charge in [0.05, 0.1) is 16.8 Å². The van der Waals surface area contributed by atoms with E-state index < -0.39 is 0 Å². The van der Waals surface area contributed by atoms with Crippen LogP contribution in [0, 0.1) is 6.92 Å². The van der Waals surface area contributed by atoms with Crippen LogP contribution in [-0.2, 0) is 13.6 Å². The zero-order valence-electron chi connectivity index (χ0n) is 11.2. The van der Waals surface area contributed by atoms with Gasteiger partial charge in [0.1, 0.15) is 0 Å². The van der Waals surface area contributed by atoms with E-state index in [1.807, 2.05) is 26.1 Å². The fraction of sp³-hybridized carbons (Fsp3) is 0.286. The molecule has 1 aromatic carbocycles. The maximum atomic E-state index is 12.3. The molecule has 0 saturated carbocycles. The zero-order chi connectivity index (χ0) is 14.0. The summed E-state index contributed by atoms with van der Waals surface area (Å²) in [5.41, 5.74) is 2.61. The second-order valence-corrected chi connectivity index (χ2v) is 4.93. The van der Waals surface area contributed by atoms with E-state index in [9.17, 15) is 4.79 Å². The molecule has 1 amide bonds. The third-order valence-corrected chi connectivity index (χ3v) is 3.52. The van der Waals surface area contributed by atoms with Gasteiger partial charge in [-0.05, 0) is 19.1 Å². The van der Waals surface area contributed by atoms with Crippen molar-refractivity contribution in [2.24, 2.45) is 7.05 Å². The van der Waals surface area contributed by atoms with Crippen molar-refractivity contribution in [3.63, 3.8) is 0 Å². The molecule has 19 heavy (non-hydrogen) atoms. The number of hydrogen-bond acceptors (Lipinski definition) is 2. The standard InChI is InChI=1S/C14H16ClN3O/c1-10-11(8-16-18(10)3)9-17(2)14(19)12-6-4-5-7-13(12)15/h4-8H,9H2,1-3H3. The minimum absolute atomic E-state index is 0.0890.